The van der Waals surface area contributed by atoms with Gasteiger partial charge in [-0.1, -0.05) is 30.1 Å². The maximum atomic E-state index is 12.1. The molecule has 0 atom stereocenters. The van der Waals surface area contributed by atoms with Crippen LogP contribution in [0.4, 0.5) is 5.69 Å². The maximum absolute atomic E-state index is 12.1. The second-order valence-corrected chi connectivity index (χ2v) is 6.13. The van der Waals surface area contributed by atoms with E-state index in [1.165, 1.54) is 12.1 Å². The first-order valence-corrected chi connectivity index (χ1v) is 8.58. The highest BCUT2D eigenvalue weighted by Crippen LogP contribution is 2.18. The molecular formula is C18H16Cl2N2O4. The number of carbonyl (C=O) groups excluding carboxylic acids is 3. The summed E-state index contributed by atoms with van der Waals surface area (Å²) in [5.74, 6) is -1.33. The molecule has 0 saturated carbocycles. The third kappa shape index (κ3) is 5.54. The lowest BCUT2D eigenvalue weighted by Crippen LogP contribution is -2.16. The molecule has 0 aliphatic heterocycles. The summed E-state index contributed by atoms with van der Waals surface area (Å²) < 4.78 is 4.94. The minimum atomic E-state index is -0.839. The van der Waals surface area contributed by atoms with Crippen LogP contribution in [0.3, 0.4) is 0 Å². The molecule has 0 aliphatic carbocycles. The van der Waals surface area contributed by atoms with Gasteiger partial charge >= 0.3 is 5.97 Å². The predicted octanol–water partition coefficient (Wildman–Crippen LogP) is 4.17. The highest BCUT2D eigenvalue weighted by atomic mass is 35.5. The molecule has 6 nitrogen and oxygen atoms in total. The molecule has 0 fully saturated rings. The first-order chi connectivity index (χ1) is 12.4. The topological polar surface area (TPSA) is 85.4 Å². The van der Waals surface area contributed by atoms with Crippen molar-refractivity contribution in [2.24, 2.45) is 0 Å². The molecule has 1 N–H and O–H groups in total. The second kappa shape index (κ2) is 9.31. The number of nitrogens with one attached hydrogen (secondary N) is 1. The summed E-state index contributed by atoms with van der Waals surface area (Å²) in [6, 6.07) is 9.16. The molecule has 0 spiro atoms. The molecule has 1 heterocycles. The molecule has 8 heteroatoms. The summed E-state index contributed by atoms with van der Waals surface area (Å²) >= 11 is 11.6. The molecule has 0 aliphatic rings. The van der Waals surface area contributed by atoms with Crippen LogP contribution < -0.4 is 5.32 Å². The Balaban J connectivity index is 1.94. The molecule has 1 aromatic carbocycles. The van der Waals surface area contributed by atoms with Crippen molar-refractivity contribution in [2.75, 3.05) is 11.9 Å². The number of carbonyl (C=O) groups is 3. The molecule has 1 aromatic heterocycles. The number of aromatic nitrogens is 1. The number of benzene rings is 1. The monoisotopic (exact) mass is 394 g/mol. The van der Waals surface area contributed by atoms with Gasteiger partial charge in [-0.15, -0.1) is 0 Å². The lowest BCUT2D eigenvalue weighted by Gasteiger charge is -2.07. The van der Waals surface area contributed by atoms with Gasteiger partial charge in [0.05, 0.1) is 5.02 Å². The van der Waals surface area contributed by atoms with E-state index in [4.69, 9.17) is 27.9 Å². The van der Waals surface area contributed by atoms with E-state index in [-0.39, 0.29) is 21.8 Å². The van der Waals surface area contributed by atoms with Gasteiger partial charge in [-0.2, -0.15) is 0 Å². The Bertz CT molecular complexity index is 822. The van der Waals surface area contributed by atoms with Gasteiger partial charge in [0.2, 0.25) is 5.91 Å². The number of halogens is 2. The first kappa shape index (κ1) is 19.9. The molecule has 2 aromatic rings. The number of nitrogens with zero attached hydrogens (tertiary/aromatic N) is 1. The predicted molar refractivity (Wildman–Crippen MR) is 98.8 cm³/mol. The van der Waals surface area contributed by atoms with Gasteiger partial charge in [0.1, 0.15) is 5.15 Å². The molecule has 1 amide bonds. The van der Waals surface area contributed by atoms with Gasteiger partial charge in [-0.05, 0) is 42.8 Å². The number of ether oxygens (including phenoxy) is 1. The molecule has 0 radical (unpaired) electrons. The van der Waals surface area contributed by atoms with Gasteiger partial charge in [-0.3, -0.25) is 9.59 Å². The third-order valence-corrected chi connectivity index (χ3v) is 3.82. The van der Waals surface area contributed by atoms with Gasteiger partial charge in [0, 0.05) is 17.7 Å². The Kier molecular flexibility index (Phi) is 7.12. The number of amides is 1. The van der Waals surface area contributed by atoms with E-state index in [1.54, 1.807) is 24.3 Å². The van der Waals surface area contributed by atoms with Crippen LogP contribution in [0.2, 0.25) is 10.2 Å². The fourth-order valence-electron chi connectivity index (χ4n) is 2.03. The van der Waals surface area contributed by atoms with Crippen LogP contribution in [0.5, 0.6) is 0 Å². The molecule has 0 unspecified atom stereocenters. The summed E-state index contributed by atoms with van der Waals surface area (Å²) in [7, 11) is 0. The smallest absolute Gasteiger partial charge is 0.359 e. The van der Waals surface area contributed by atoms with Gasteiger partial charge in [0.15, 0.2) is 18.1 Å². The summed E-state index contributed by atoms with van der Waals surface area (Å²) in [5, 5.41) is 2.89. The Morgan fingerprint density at radius 2 is 1.77 bits per heavy atom. The molecule has 136 valence electrons. The van der Waals surface area contributed by atoms with Gasteiger partial charge in [0.25, 0.3) is 0 Å². The number of rotatable bonds is 7. The highest BCUT2D eigenvalue weighted by molar-refractivity contribution is 6.34. The Hall–Kier alpha value is -2.44. The molecule has 26 heavy (non-hydrogen) atoms. The van der Waals surface area contributed by atoms with E-state index >= 15 is 0 Å². The Labute approximate surface area is 160 Å². The van der Waals surface area contributed by atoms with E-state index in [0.717, 1.165) is 6.42 Å². The average molecular weight is 395 g/mol. The summed E-state index contributed by atoms with van der Waals surface area (Å²) in [4.78, 5) is 39.4. The number of ketones is 1. The molecule has 0 bridgehead atoms. The molecule has 2 rings (SSSR count). The number of hydrogen-bond acceptors (Lipinski definition) is 5. The van der Waals surface area contributed by atoms with Crippen LogP contribution in [-0.2, 0) is 9.53 Å². The van der Waals surface area contributed by atoms with Crippen molar-refractivity contribution in [2.45, 2.75) is 19.8 Å². The zero-order valence-corrected chi connectivity index (χ0v) is 15.4. The SMILES string of the molecule is CCCC(=O)Nc1ccc(C(=O)COC(=O)c2nc(Cl)ccc2Cl)cc1. The van der Waals surface area contributed by atoms with Crippen LogP contribution in [-0.4, -0.2) is 29.3 Å². The van der Waals surface area contributed by atoms with E-state index in [9.17, 15) is 14.4 Å². The fourth-order valence-corrected chi connectivity index (χ4v) is 2.36. The minimum Gasteiger partial charge on any atom is -0.453 e. The number of hydrogen-bond donors (Lipinski definition) is 1. The lowest BCUT2D eigenvalue weighted by atomic mass is 10.1. The Morgan fingerprint density at radius 1 is 1.08 bits per heavy atom. The third-order valence-electron chi connectivity index (χ3n) is 3.31. The first-order valence-electron chi connectivity index (χ1n) is 7.83. The summed E-state index contributed by atoms with van der Waals surface area (Å²) in [6.07, 6.45) is 1.18. The van der Waals surface area contributed by atoms with Crippen molar-refractivity contribution in [3.63, 3.8) is 0 Å². The quantitative estimate of drug-likeness (QED) is 0.432. The van der Waals surface area contributed by atoms with Crippen LogP contribution >= 0.6 is 23.2 Å². The highest BCUT2D eigenvalue weighted by Gasteiger charge is 2.17. The second-order valence-electron chi connectivity index (χ2n) is 5.34. The van der Waals surface area contributed by atoms with Crippen molar-refractivity contribution >= 4 is 46.5 Å². The summed E-state index contributed by atoms with van der Waals surface area (Å²) in [6.45, 7) is 1.44. The van der Waals surface area contributed by atoms with Gasteiger partial charge in [-0.25, -0.2) is 9.78 Å². The number of pyridine rings is 1. The zero-order valence-electron chi connectivity index (χ0n) is 13.9. The Morgan fingerprint density at radius 3 is 2.42 bits per heavy atom. The van der Waals surface area contributed by atoms with Crippen molar-refractivity contribution < 1.29 is 19.1 Å². The van der Waals surface area contributed by atoms with Gasteiger partial charge < -0.3 is 10.1 Å². The van der Waals surface area contributed by atoms with E-state index in [2.05, 4.69) is 10.3 Å². The summed E-state index contributed by atoms with van der Waals surface area (Å²) in [5.41, 5.74) is 0.782. The zero-order chi connectivity index (χ0) is 19.1. The number of esters is 1. The average Bonchev–Trinajstić information content (AvgIpc) is 2.62. The van der Waals surface area contributed by atoms with E-state index in [1.807, 2.05) is 6.92 Å². The van der Waals surface area contributed by atoms with Crippen molar-refractivity contribution in [3.05, 3.63) is 57.8 Å². The number of Topliss-reactive ketones (excluding diaryl/α,β-unsaturated/α-hetero) is 1. The van der Waals surface area contributed by atoms with Crippen LogP contribution in [0.1, 0.15) is 40.6 Å². The van der Waals surface area contributed by atoms with Crippen molar-refractivity contribution in [3.8, 4) is 0 Å². The van der Waals surface area contributed by atoms with Crippen LogP contribution in [0, 0.1) is 0 Å². The van der Waals surface area contributed by atoms with Crippen molar-refractivity contribution in [1.29, 1.82) is 0 Å². The van der Waals surface area contributed by atoms with Crippen LogP contribution in [0.15, 0.2) is 36.4 Å². The van der Waals surface area contributed by atoms with E-state index in [0.29, 0.717) is 17.7 Å². The standard InChI is InChI=1S/C18H16Cl2N2O4/c1-2-3-16(24)21-12-6-4-11(5-7-12)14(23)10-26-18(25)17-13(19)8-9-15(20)22-17/h4-9H,2-3,10H2,1H3,(H,21,24). The largest absolute Gasteiger partial charge is 0.453 e. The van der Waals surface area contributed by atoms with E-state index < -0.39 is 18.4 Å². The van der Waals surface area contributed by atoms with Crippen LogP contribution in [0.25, 0.3) is 0 Å². The maximum Gasteiger partial charge on any atom is 0.359 e. The normalized spacial score (nSPS) is 10.3. The number of anilines is 1. The lowest BCUT2D eigenvalue weighted by molar-refractivity contribution is -0.116. The minimum absolute atomic E-state index is 0.0824. The van der Waals surface area contributed by atoms with Crippen molar-refractivity contribution in [1.82, 2.24) is 4.98 Å². The molecular weight excluding hydrogens is 379 g/mol. The fraction of sp³-hybridized carbons (Fsp3) is 0.222. The molecule has 0 saturated heterocycles.